The summed E-state index contributed by atoms with van der Waals surface area (Å²) in [7, 11) is -3.87. The predicted molar refractivity (Wildman–Crippen MR) is 135 cm³/mol. The number of hydrogen-bond acceptors (Lipinski definition) is 5. The summed E-state index contributed by atoms with van der Waals surface area (Å²) in [6, 6.07) is 17.7. The van der Waals surface area contributed by atoms with Crippen molar-refractivity contribution < 1.29 is 17.9 Å². The molecule has 3 aromatic rings. The minimum atomic E-state index is -3.87. The van der Waals surface area contributed by atoms with E-state index in [0.717, 1.165) is 29.9 Å². The van der Waals surface area contributed by atoms with Crippen LogP contribution in [0.25, 0.3) is 0 Å². The lowest BCUT2D eigenvalue weighted by Gasteiger charge is -2.28. The number of amides is 1. The third-order valence-corrected chi connectivity index (χ3v) is 7.52. The summed E-state index contributed by atoms with van der Waals surface area (Å²) in [5, 5.41) is 2.85. The molecule has 0 saturated carbocycles. The van der Waals surface area contributed by atoms with Crippen LogP contribution in [-0.4, -0.2) is 40.6 Å². The van der Waals surface area contributed by atoms with Crippen LogP contribution >= 0.6 is 0 Å². The van der Waals surface area contributed by atoms with Crippen LogP contribution in [0.5, 0.6) is 0 Å². The highest BCUT2D eigenvalue weighted by molar-refractivity contribution is 7.92. The van der Waals surface area contributed by atoms with Gasteiger partial charge >= 0.3 is 0 Å². The van der Waals surface area contributed by atoms with E-state index in [1.165, 1.54) is 6.07 Å². The Bertz CT molecular complexity index is 1300. The average molecular weight is 480 g/mol. The van der Waals surface area contributed by atoms with Crippen molar-refractivity contribution in [3.05, 3.63) is 82.9 Å². The van der Waals surface area contributed by atoms with E-state index < -0.39 is 10.0 Å². The number of sulfonamides is 1. The lowest BCUT2D eigenvalue weighted by molar-refractivity contribution is 0.102. The number of aryl methyl sites for hydroxylation is 3. The van der Waals surface area contributed by atoms with E-state index in [-0.39, 0.29) is 16.4 Å². The minimum absolute atomic E-state index is 0.0704. The van der Waals surface area contributed by atoms with E-state index in [1.54, 1.807) is 31.2 Å². The summed E-state index contributed by atoms with van der Waals surface area (Å²) in [6.45, 7) is 8.68. The number of nitrogens with zero attached hydrogens (tertiary/aromatic N) is 1. The Labute approximate surface area is 200 Å². The second kappa shape index (κ2) is 9.87. The van der Waals surface area contributed by atoms with Gasteiger partial charge in [0, 0.05) is 35.7 Å². The summed E-state index contributed by atoms with van der Waals surface area (Å²) in [6.07, 6.45) is 0. The van der Waals surface area contributed by atoms with Crippen LogP contribution in [0, 0.1) is 20.8 Å². The molecule has 8 heteroatoms. The highest BCUT2D eigenvalue weighted by Gasteiger charge is 2.20. The number of ether oxygens (including phenoxy) is 1. The Morgan fingerprint density at radius 2 is 1.47 bits per heavy atom. The fraction of sp³-hybridized carbons (Fsp3) is 0.269. The zero-order valence-electron chi connectivity index (χ0n) is 19.6. The first-order chi connectivity index (χ1) is 16.2. The number of carbonyl (C=O) groups is 1. The molecule has 2 N–H and O–H groups in total. The Balaban J connectivity index is 1.50. The van der Waals surface area contributed by atoms with Crippen molar-refractivity contribution in [1.29, 1.82) is 0 Å². The van der Waals surface area contributed by atoms with Crippen LogP contribution < -0.4 is 14.9 Å². The fourth-order valence-corrected chi connectivity index (χ4v) is 5.15. The van der Waals surface area contributed by atoms with Gasteiger partial charge in [-0.2, -0.15) is 0 Å². The zero-order valence-corrected chi connectivity index (χ0v) is 20.4. The predicted octanol–water partition coefficient (Wildman–Crippen LogP) is 4.50. The number of carbonyl (C=O) groups excluding carboxylic acids is 1. The van der Waals surface area contributed by atoms with Crippen LogP contribution in [0.15, 0.2) is 65.6 Å². The maximum absolute atomic E-state index is 13.1. The molecule has 1 aliphatic heterocycles. The van der Waals surface area contributed by atoms with E-state index >= 15 is 0 Å². The van der Waals surface area contributed by atoms with Gasteiger partial charge in [-0.1, -0.05) is 12.1 Å². The maximum atomic E-state index is 13.1. The van der Waals surface area contributed by atoms with Gasteiger partial charge in [0.05, 0.1) is 18.1 Å². The molecule has 0 radical (unpaired) electrons. The molecular formula is C26H29N3O4S. The smallest absolute Gasteiger partial charge is 0.262 e. The lowest BCUT2D eigenvalue weighted by Crippen LogP contribution is -2.36. The molecular weight excluding hydrogens is 450 g/mol. The average Bonchev–Trinajstić information content (AvgIpc) is 2.82. The van der Waals surface area contributed by atoms with Gasteiger partial charge in [0.15, 0.2) is 0 Å². The molecule has 1 heterocycles. The highest BCUT2D eigenvalue weighted by Crippen LogP contribution is 2.24. The molecule has 1 amide bonds. The number of rotatable bonds is 6. The van der Waals surface area contributed by atoms with Crippen molar-refractivity contribution in [3.63, 3.8) is 0 Å². The maximum Gasteiger partial charge on any atom is 0.262 e. The largest absolute Gasteiger partial charge is 0.378 e. The highest BCUT2D eigenvalue weighted by atomic mass is 32.2. The normalized spacial score (nSPS) is 14.0. The van der Waals surface area contributed by atoms with Gasteiger partial charge in [0.2, 0.25) is 0 Å². The third kappa shape index (κ3) is 5.40. The van der Waals surface area contributed by atoms with Gasteiger partial charge in [-0.25, -0.2) is 8.42 Å². The molecule has 7 nitrogen and oxygen atoms in total. The van der Waals surface area contributed by atoms with Crippen molar-refractivity contribution in [1.82, 2.24) is 0 Å². The monoisotopic (exact) mass is 479 g/mol. The van der Waals surface area contributed by atoms with Crippen molar-refractivity contribution >= 4 is 33.0 Å². The van der Waals surface area contributed by atoms with Crippen LogP contribution in [0.4, 0.5) is 17.1 Å². The molecule has 1 fully saturated rings. The van der Waals surface area contributed by atoms with Crippen molar-refractivity contribution in [2.75, 3.05) is 41.2 Å². The van der Waals surface area contributed by atoms with Gasteiger partial charge < -0.3 is 15.0 Å². The lowest BCUT2D eigenvalue weighted by atomic mass is 10.1. The Morgan fingerprint density at radius 3 is 2.15 bits per heavy atom. The van der Waals surface area contributed by atoms with E-state index in [1.807, 2.05) is 44.2 Å². The van der Waals surface area contributed by atoms with E-state index in [4.69, 9.17) is 4.74 Å². The number of benzene rings is 3. The molecule has 0 atom stereocenters. The molecule has 0 aromatic heterocycles. The number of nitrogens with one attached hydrogen (secondary N) is 2. The van der Waals surface area contributed by atoms with E-state index in [2.05, 4.69) is 14.9 Å². The van der Waals surface area contributed by atoms with Crippen LogP contribution in [-0.2, 0) is 14.8 Å². The Kier molecular flexibility index (Phi) is 6.90. The van der Waals surface area contributed by atoms with Gasteiger partial charge in [-0.05, 0) is 86.0 Å². The first kappa shape index (κ1) is 23.8. The molecule has 4 rings (SSSR count). The SMILES string of the molecule is Cc1ccc(NS(=O)(=O)c2cc(C(=O)Nc3ccc(N4CCOCC4)cc3)ccc2C)cc1C. The van der Waals surface area contributed by atoms with Crippen molar-refractivity contribution in [3.8, 4) is 0 Å². The first-order valence-corrected chi connectivity index (χ1v) is 12.7. The van der Waals surface area contributed by atoms with Gasteiger partial charge in [0.25, 0.3) is 15.9 Å². The third-order valence-electron chi connectivity index (χ3n) is 6.00. The first-order valence-electron chi connectivity index (χ1n) is 11.2. The fourth-order valence-electron chi connectivity index (χ4n) is 3.83. The van der Waals surface area contributed by atoms with Gasteiger partial charge in [0.1, 0.15) is 0 Å². The number of hydrogen-bond donors (Lipinski definition) is 2. The van der Waals surface area contributed by atoms with Crippen LogP contribution in [0.3, 0.4) is 0 Å². The number of morpholine rings is 1. The zero-order chi connectivity index (χ0) is 24.3. The molecule has 1 saturated heterocycles. The summed E-state index contributed by atoms with van der Waals surface area (Å²) in [4.78, 5) is 15.2. The topological polar surface area (TPSA) is 87.7 Å². The molecule has 0 bridgehead atoms. The van der Waals surface area contributed by atoms with Crippen LogP contribution in [0.2, 0.25) is 0 Å². The summed E-state index contributed by atoms with van der Waals surface area (Å²) in [5.74, 6) is -0.373. The molecule has 3 aromatic carbocycles. The van der Waals surface area contributed by atoms with Crippen molar-refractivity contribution in [2.24, 2.45) is 0 Å². The van der Waals surface area contributed by atoms with Crippen molar-refractivity contribution in [2.45, 2.75) is 25.7 Å². The Morgan fingerprint density at radius 1 is 0.824 bits per heavy atom. The summed E-state index contributed by atoms with van der Waals surface area (Å²) in [5.41, 5.74) is 5.09. The standard InChI is InChI=1S/C26H29N3O4S/c1-18-5-7-23(16-20(18)3)28-34(31,32)25-17-21(6-4-19(25)2)26(30)27-22-8-10-24(11-9-22)29-12-14-33-15-13-29/h4-11,16-17,28H,12-15H2,1-3H3,(H,27,30). The summed E-state index contributed by atoms with van der Waals surface area (Å²) < 4.78 is 34.2. The molecule has 0 unspecified atom stereocenters. The molecule has 1 aliphatic rings. The van der Waals surface area contributed by atoms with Gasteiger partial charge in [-0.15, -0.1) is 0 Å². The van der Waals surface area contributed by atoms with Crippen LogP contribution in [0.1, 0.15) is 27.0 Å². The number of anilines is 3. The van der Waals surface area contributed by atoms with E-state index in [9.17, 15) is 13.2 Å². The van der Waals surface area contributed by atoms with E-state index in [0.29, 0.717) is 30.2 Å². The second-order valence-electron chi connectivity index (χ2n) is 8.49. The minimum Gasteiger partial charge on any atom is -0.378 e. The molecule has 178 valence electrons. The van der Waals surface area contributed by atoms with Gasteiger partial charge in [-0.3, -0.25) is 9.52 Å². The molecule has 0 aliphatic carbocycles. The Hall–Kier alpha value is -3.36. The quantitative estimate of drug-likeness (QED) is 0.544. The molecule has 0 spiro atoms. The summed E-state index contributed by atoms with van der Waals surface area (Å²) >= 11 is 0. The molecule has 34 heavy (non-hydrogen) atoms. The second-order valence-corrected chi connectivity index (χ2v) is 10.1.